The van der Waals surface area contributed by atoms with Gasteiger partial charge in [0.25, 0.3) is 0 Å². The molecule has 194 valence electrons. The highest BCUT2D eigenvalue weighted by molar-refractivity contribution is 7.17. The van der Waals surface area contributed by atoms with Crippen LogP contribution < -0.4 is 16.0 Å². The van der Waals surface area contributed by atoms with Gasteiger partial charge in [-0.15, -0.1) is 11.3 Å². The summed E-state index contributed by atoms with van der Waals surface area (Å²) in [7, 11) is 0. The van der Waals surface area contributed by atoms with Crippen molar-refractivity contribution in [2.45, 2.75) is 70.8 Å². The highest BCUT2D eigenvalue weighted by atomic mass is 32.1. The Labute approximate surface area is 217 Å². The number of ether oxygens (including phenoxy) is 1. The number of nitrogens with one attached hydrogen (secondary N) is 3. The zero-order valence-corrected chi connectivity index (χ0v) is 22.0. The summed E-state index contributed by atoms with van der Waals surface area (Å²) in [6.45, 7) is 5.72. The van der Waals surface area contributed by atoms with Crippen LogP contribution in [0.3, 0.4) is 0 Å². The number of ketones is 1. The Morgan fingerprint density at radius 2 is 1.81 bits per heavy atom. The second-order valence-corrected chi connectivity index (χ2v) is 10.7. The van der Waals surface area contributed by atoms with Gasteiger partial charge < -0.3 is 15.4 Å². The summed E-state index contributed by atoms with van der Waals surface area (Å²) in [6.07, 6.45) is 6.12. The van der Waals surface area contributed by atoms with E-state index in [2.05, 4.69) is 16.0 Å². The molecular formula is C28H37N3O4S. The lowest BCUT2D eigenvalue weighted by molar-refractivity contribution is -0.123. The zero-order chi connectivity index (χ0) is 25.5. The lowest BCUT2D eigenvalue weighted by Gasteiger charge is -2.32. The molecule has 2 unspecified atom stereocenters. The first-order valence-corrected chi connectivity index (χ1v) is 14.0. The van der Waals surface area contributed by atoms with Crippen molar-refractivity contribution in [2.75, 3.05) is 25.0 Å². The molecule has 1 aromatic heterocycles. The van der Waals surface area contributed by atoms with Crippen molar-refractivity contribution < 1.29 is 19.1 Å². The van der Waals surface area contributed by atoms with Gasteiger partial charge in [-0.1, -0.05) is 37.3 Å². The van der Waals surface area contributed by atoms with Crippen LogP contribution in [-0.2, 0) is 22.4 Å². The summed E-state index contributed by atoms with van der Waals surface area (Å²) in [6, 6.07) is 8.75. The minimum absolute atomic E-state index is 0.0434. The molecule has 1 aromatic carbocycles. The van der Waals surface area contributed by atoms with Gasteiger partial charge in [0.05, 0.1) is 18.2 Å². The number of urea groups is 1. The lowest BCUT2D eigenvalue weighted by atomic mass is 9.80. The fourth-order valence-corrected chi connectivity index (χ4v) is 6.73. The molecule has 0 spiro atoms. The molecule has 2 aliphatic rings. The number of benzene rings is 1. The number of hydrogen-bond donors (Lipinski definition) is 3. The van der Waals surface area contributed by atoms with Crippen LogP contribution in [0.1, 0.15) is 78.2 Å². The summed E-state index contributed by atoms with van der Waals surface area (Å²) >= 11 is 1.46. The van der Waals surface area contributed by atoms with E-state index in [9.17, 15) is 14.4 Å². The number of rotatable bonds is 9. The normalized spacial score (nSPS) is 17.5. The number of esters is 1. The number of piperidine rings is 1. The van der Waals surface area contributed by atoms with E-state index >= 15 is 0 Å². The standard InChI is InChI=1S/C28H37N3O4S/c1-3-20(18-10-6-5-7-11-18)25(32)24(19-14-16-29-17-15-19)30-28(34)31-26-23(27(33)35-4-2)21-12-8-9-13-22(21)36-26/h5-7,10-11,19-20,24,29H,3-4,8-9,12-17H2,1-2H3,(H2,30,31,34). The van der Waals surface area contributed by atoms with E-state index < -0.39 is 18.0 Å². The Bertz CT molecular complexity index is 1060. The molecule has 2 amide bonds. The SMILES string of the molecule is CCOC(=O)c1c(NC(=O)NC(C(=O)C(CC)c2ccccc2)C2CCNCC2)sc2c1CCCC2. The van der Waals surface area contributed by atoms with E-state index in [1.165, 1.54) is 11.3 Å². The minimum atomic E-state index is -0.599. The maximum Gasteiger partial charge on any atom is 0.341 e. The molecule has 2 aromatic rings. The minimum Gasteiger partial charge on any atom is -0.462 e. The fraction of sp³-hybridized carbons (Fsp3) is 0.536. The summed E-state index contributed by atoms with van der Waals surface area (Å²) < 4.78 is 5.32. The Morgan fingerprint density at radius 1 is 1.08 bits per heavy atom. The highest BCUT2D eigenvalue weighted by Gasteiger charge is 2.35. The molecular weight excluding hydrogens is 474 g/mol. The van der Waals surface area contributed by atoms with E-state index in [4.69, 9.17) is 4.74 Å². The quantitative estimate of drug-likeness (QED) is 0.409. The second kappa shape index (κ2) is 12.5. The maximum atomic E-state index is 13.8. The van der Waals surface area contributed by atoms with Crippen LogP contribution in [0.4, 0.5) is 9.80 Å². The van der Waals surface area contributed by atoms with Crippen molar-refractivity contribution in [3.8, 4) is 0 Å². The van der Waals surface area contributed by atoms with Gasteiger partial charge >= 0.3 is 12.0 Å². The Morgan fingerprint density at radius 3 is 2.50 bits per heavy atom. The summed E-state index contributed by atoms with van der Waals surface area (Å²) in [4.78, 5) is 41.1. The number of thiophene rings is 1. The van der Waals surface area contributed by atoms with Crippen molar-refractivity contribution in [3.05, 3.63) is 51.9 Å². The summed E-state index contributed by atoms with van der Waals surface area (Å²) in [5, 5.41) is 9.82. The first-order valence-electron chi connectivity index (χ1n) is 13.2. The predicted molar refractivity (Wildman–Crippen MR) is 143 cm³/mol. The highest BCUT2D eigenvalue weighted by Crippen LogP contribution is 2.38. The summed E-state index contributed by atoms with van der Waals surface area (Å²) in [5.41, 5.74) is 2.45. The first kappa shape index (κ1) is 26.4. The van der Waals surface area contributed by atoms with Gasteiger partial charge in [0.2, 0.25) is 0 Å². The van der Waals surface area contributed by atoms with Crippen LogP contribution in [0.2, 0.25) is 0 Å². The molecule has 7 nitrogen and oxygen atoms in total. The van der Waals surface area contributed by atoms with E-state index in [0.717, 1.165) is 67.6 Å². The van der Waals surface area contributed by atoms with Crippen molar-refractivity contribution in [2.24, 2.45) is 5.92 Å². The van der Waals surface area contributed by atoms with Gasteiger partial charge in [-0.25, -0.2) is 9.59 Å². The number of carbonyl (C=O) groups is 3. The molecule has 8 heteroatoms. The third-order valence-electron chi connectivity index (χ3n) is 7.28. The maximum absolute atomic E-state index is 13.8. The van der Waals surface area contributed by atoms with Crippen LogP contribution >= 0.6 is 11.3 Å². The molecule has 1 aliphatic carbocycles. The molecule has 1 aliphatic heterocycles. The van der Waals surface area contributed by atoms with E-state index in [0.29, 0.717) is 17.0 Å². The Hall–Kier alpha value is -2.71. The third kappa shape index (κ3) is 5.98. The average Bonchev–Trinajstić information content (AvgIpc) is 3.26. The third-order valence-corrected chi connectivity index (χ3v) is 8.49. The van der Waals surface area contributed by atoms with Crippen LogP contribution in [0.25, 0.3) is 0 Å². The van der Waals surface area contributed by atoms with Crippen LogP contribution in [-0.4, -0.2) is 43.5 Å². The average molecular weight is 512 g/mol. The molecule has 36 heavy (non-hydrogen) atoms. The van der Waals surface area contributed by atoms with Gasteiger partial charge in [0.15, 0.2) is 5.78 Å². The van der Waals surface area contributed by atoms with Gasteiger partial charge in [-0.3, -0.25) is 10.1 Å². The number of aryl methyl sites for hydroxylation is 1. The van der Waals surface area contributed by atoms with Gasteiger partial charge in [0, 0.05) is 10.8 Å². The Balaban J connectivity index is 1.57. The molecule has 0 saturated carbocycles. The molecule has 0 bridgehead atoms. The van der Waals surface area contributed by atoms with Crippen LogP contribution in [0.15, 0.2) is 30.3 Å². The second-order valence-electron chi connectivity index (χ2n) is 9.57. The zero-order valence-electron chi connectivity index (χ0n) is 21.2. The van der Waals surface area contributed by atoms with Crippen LogP contribution in [0.5, 0.6) is 0 Å². The number of carbonyl (C=O) groups excluding carboxylic acids is 3. The van der Waals surface area contributed by atoms with Crippen molar-refractivity contribution >= 4 is 34.1 Å². The number of amides is 2. The van der Waals surface area contributed by atoms with Crippen molar-refractivity contribution in [1.29, 1.82) is 0 Å². The van der Waals surface area contributed by atoms with Gasteiger partial charge in [-0.05, 0) is 82.0 Å². The van der Waals surface area contributed by atoms with Crippen LogP contribution in [0, 0.1) is 5.92 Å². The first-order chi connectivity index (χ1) is 17.5. The number of anilines is 1. The van der Waals surface area contributed by atoms with Crippen molar-refractivity contribution in [1.82, 2.24) is 10.6 Å². The predicted octanol–water partition coefficient (Wildman–Crippen LogP) is 5.06. The lowest BCUT2D eigenvalue weighted by Crippen LogP contribution is -2.51. The molecule has 1 saturated heterocycles. The van der Waals surface area contributed by atoms with Gasteiger partial charge in [0.1, 0.15) is 5.00 Å². The summed E-state index contributed by atoms with van der Waals surface area (Å²) in [5.74, 6) is -0.575. The Kier molecular flexibility index (Phi) is 9.15. The largest absolute Gasteiger partial charge is 0.462 e. The molecule has 3 N–H and O–H groups in total. The number of Topliss-reactive ketones (excluding diaryl/α,β-unsaturated/α-hetero) is 1. The topological polar surface area (TPSA) is 96.5 Å². The molecule has 2 heterocycles. The van der Waals surface area contributed by atoms with E-state index in [1.807, 2.05) is 37.3 Å². The smallest absolute Gasteiger partial charge is 0.341 e. The van der Waals surface area contributed by atoms with E-state index in [-0.39, 0.29) is 24.2 Å². The van der Waals surface area contributed by atoms with E-state index in [1.54, 1.807) is 6.92 Å². The molecule has 0 radical (unpaired) electrons. The monoisotopic (exact) mass is 511 g/mol. The number of hydrogen-bond acceptors (Lipinski definition) is 6. The van der Waals surface area contributed by atoms with Crippen molar-refractivity contribution in [3.63, 3.8) is 0 Å². The number of fused-ring (bicyclic) bond motifs is 1. The fourth-order valence-electron chi connectivity index (χ4n) is 5.46. The molecule has 2 atom stereocenters. The van der Waals surface area contributed by atoms with Gasteiger partial charge in [-0.2, -0.15) is 0 Å². The molecule has 4 rings (SSSR count). The molecule has 1 fully saturated rings.